The van der Waals surface area contributed by atoms with E-state index in [0.717, 1.165) is 0 Å². The minimum Gasteiger partial charge on any atom is -0.489 e. The van der Waals surface area contributed by atoms with Gasteiger partial charge in [-0.1, -0.05) is 12.7 Å². The summed E-state index contributed by atoms with van der Waals surface area (Å²) < 4.78 is 5.39. The maximum Gasteiger partial charge on any atom is 0.257 e. The number of hydrogen-bond acceptors (Lipinski definition) is 3. The van der Waals surface area contributed by atoms with E-state index in [-0.39, 0.29) is 5.91 Å². The molecule has 4 nitrogen and oxygen atoms in total. The highest BCUT2D eigenvalue weighted by atomic mass is 16.5. The standard InChI is InChI=1S/C12H16N2O2/c1-4-7-16-11-6-5-9(13)8-10(11)12(15)14(2)3/h4-6,8H,1,7,13H2,2-3H3. The summed E-state index contributed by atoms with van der Waals surface area (Å²) in [6, 6.07) is 5.00. The predicted octanol–water partition coefficient (Wildman–Crippen LogP) is 1.54. The fraction of sp³-hybridized carbons (Fsp3) is 0.250. The highest BCUT2D eigenvalue weighted by Crippen LogP contribution is 2.22. The van der Waals surface area contributed by atoms with Crippen LogP contribution in [0.1, 0.15) is 10.4 Å². The zero-order chi connectivity index (χ0) is 12.1. The quantitative estimate of drug-likeness (QED) is 0.618. The van der Waals surface area contributed by atoms with Gasteiger partial charge in [0.1, 0.15) is 12.4 Å². The normalized spacial score (nSPS) is 9.62. The average molecular weight is 220 g/mol. The summed E-state index contributed by atoms with van der Waals surface area (Å²) in [6.45, 7) is 3.92. The zero-order valence-electron chi connectivity index (χ0n) is 9.56. The summed E-state index contributed by atoms with van der Waals surface area (Å²) in [5.41, 5.74) is 6.65. The molecule has 0 aliphatic rings. The molecule has 1 aromatic carbocycles. The van der Waals surface area contributed by atoms with Gasteiger partial charge in [0.2, 0.25) is 0 Å². The minimum atomic E-state index is -0.133. The summed E-state index contributed by atoms with van der Waals surface area (Å²) >= 11 is 0. The number of rotatable bonds is 4. The highest BCUT2D eigenvalue weighted by molar-refractivity contribution is 5.97. The number of ether oxygens (including phenoxy) is 1. The molecule has 86 valence electrons. The molecule has 2 N–H and O–H groups in total. The molecule has 0 aliphatic carbocycles. The maximum atomic E-state index is 11.8. The largest absolute Gasteiger partial charge is 0.489 e. The number of nitrogens with zero attached hydrogens (tertiary/aromatic N) is 1. The van der Waals surface area contributed by atoms with Crippen LogP contribution in [0, 0.1) is 0 Å². The third-order valence-corrected chi connectivity index (χ3v) is 2.00. The second-order valence-electron chi connectivity index (χ2n) is 3.55. The number of hydrogen-bond donors (Lipinski definition) is 1. The Bertz CT molecular complexity index is 400. The molecule has 0 aromatic heterocycles. The van der Waals surface area contributed by atoms with E-state index < -0.39 is 0 Å². The SMILES string of the molecule is C=CCOc1ccc(N)cc1C(=O)N(C)C. The van der Waals surface area contributed by atoms with Gasteiger partial charge in [-0.25, -0.2) is 0 Å². The van der Waals surface area contributed by atoms with Crippen molar-refractivity contribution >= 4 is 11.6 Å². The molecule has 0 spiro atoms. The molecule has 0 unspecified atom stereocenters. The van der Waals surface area contributed by atoms with Gasteiger partial charge in [-0.05, 0) is 18.2 Å². The summed E-state index contributed by atoms with van der Waals surface area (Å²) in [4.78, 5) is 13.3. The van der Waals surface area contributed by atoms with Gasteiger partial charge in [0, 0.05) is 19.8 Å². The molecule has 1 aromatic rings. The molecule has 0 radical (unpaired) electrons. The van der Waals surface area contributed by atoms with Gasteiger partial charge in [0.15, 0.2) is 0 Å². The smallest absolute Gasteiger partial charge is 0.257 e. The van der Waals surface area contributed by atoms with Crippen LogP contribution in [0.25, 0.3) is 0 Å². The van der Waals surface area contributed by atoms with Crippen molar-refractivity contribution in [2.75, 3.05) is 26.4 Å². The van der Waals surface area contributed by atoms with Crippen molar-refractivity contribution in [3.8, 4) is 5.75 Å². The molecule has 0 atom stereocenters. The van der Waals surface area contributed by atoms with Crippen molar-refractivity contribution in [2.24, 2.45) is 0 Å². The van der Waals surface area contributed by atoms with Crippen LogP contribution in [0.3, 0.4) is 0 Å². The number of amides is 1. The van der Waals surface area contributed by atoms with Gasteiger partial charge >= 0.3 is 0 Å². The molecule has 4 heteroatoms. The van der Waals surface area contributed by atoms with Crippen LogP contribution >= 0.6 is 0 Å². The molecule has 0 heterocycles. The van der Waals surface area contributed by atoms with Crippen LogP contribution in [0.5, 0.6) is 5.75 Å². The first-order valence-electron chi connectivity index (χ1n) is 4.91. The van der Waals surface area contributed by atoms with Gasteiger partial charge < -0.3 is 15.4 Å². The van der Waals surface area contributed by atoms with E-state index in [1.165, 1.54) is 4.90 Å². The second kappa shape index (κ2) is 5.21. The highest BCUT2D eigenvalue weighted by Gasteiger charge is 2.14. The third-order valence-electron chi connectivity index (χ3n) is 2.00. The Morgan fingerprint density at radius 2 is 2.25 bits per heavy atom. The zero-order valence-corrected chi connectivity index (χ0v) is 9.56. The Hall–Kier alpha value is -1.97. The molecule has 0 bridgehead atoms. The molecular formula is C12H16N2O2. The molecular weight excluding hydrogens is 204 g/mol. The number of benzene rings is 1. The van der Waals surface area contributed by atoms with Gasteiger partial charge in [-0.2, -0.15) is 0 Å². The van der Waals surface area contributed by atoms with Crippen molar-refractivity contribution in [3.05, 3.63) is 36.4 Å². The predicted molar refractivity (Wildman–Crippen MR) is 64.6 cm³/mol. The van der Waals surface area contributed by atoms with Crippen LogP contribution in [0.4, 0.5) is 5.69 Å². The number of nitrogen functional groups attached to an aromatic ring is 1. The van der Waals surface area contributed by atoms with Gasteiger partial charge in [-0.3, -0.25) is 4.79 Å². The van der Waals surface area contributed by atoms with E-state index in [9.17, 15) is 4.79 Å². The lowest BCUT2D eigenvalue weighted by Gasteiger charge is -2.14. The molecule has 1 rings (SSSR count). The van der Waals surface area contributed by atoms with Gasteiger partial charge in [0.25, 0.3) is 5.91 Å². The summed E-state index contributed by atoms with van der Waals surface area (Å²) in [6.07, 6.45) is 1.63. The summed E-state index contributed by atoms with van der Waals surface area (Å²) in [5.74, 6) is 0.388. The number of carbonyl (C=O) groups excluding carboxylic acids is 1. The summed E-state index contributed by atoms with van der Waals surface area (Å²) in [5, 5.41) is 0. The minimum absolute atomic E-state index is 0.133. The van der Waals surface area contributed by atoms with Crippen LogP contribution in [0.2, 0.25) is 0 Å². The van der Waals surface area contributed by atoms with Crippen molar-refractivity contribution < 1.29 is 9.53 Å². The van der Waals surface area contributed by atoms with Gasteiger partial charge in [-0.15, -0.1) is 0 Å². The second-order valence-corrected chi connectivity index (χ2v) is 3.55. The first kappa shape index (κ1) is 12.1. The van der Waals surface area contributed by atoms with Crippen molar-refractivity contribution in [1.82, 2.24) is 4.90 Å². The van der Waals surface area contributed by atoms with E-state index in [1.807, 2.05) is 0 Å². The lowest BCUT2D eigenvalue weighted by Crippen LogP contribution is -2.22. The third kappa shape index (κ3) is 2.76. The first-order chi connectivity index (χ1) is 7.56. The van der Waals surface area contributed by atoms with E-state index >= 15 is 0 Å². The molecule has 1 amide bonds. The van der Waals surface area contributed by atoms with Crippen LogP contribution in [-0.4, -0.2) is 31.5 Å². The van der Waals surface area contributed by atoms with Crippen molar-refractivity contribution in [1.29, 1.82) is 0 Å². The van der Waals surface area contributed by atoms with Crippen molar-refractivity contribution in [3.63, 3.8) is 0 Å². The van der Waals surface area contributed by atoms with E-state index in [2.05, 4.69) is 6.58 Å². The average Bonchev–Trinajstić information content (AvgIpc) is 2.26. The maximum absolute atomic E-state index is 11.8. The molecule has 16 heavy (non-hydrogen) atoms. The van der Waals surface area contributed by atoms with Crippen LogP contribution in [0.15, 0.2) is 30.9 Å². The fourth-order valence-electron chi connectivity index (χ4n) is 1.23. The number of carbonyl (C=O) groups is 1. The Kier molecular flexibility index (Phi) is 3.94. The van der Waals surface area contributed by atoms with Crippen molar-refractivity contribution in [2.45, 2.75) is 0 Å². The molecule has 0 saturated carbocycles. The van der Waals surface area contributed by atoms with E-state index in [4.69, 9.17) is 10.5 Å². The molecule has 0 aliphatic heterocycles. The fourth-order valence-corrected chi connectivity index (χ4v) is 1.23. The Morgan fingerprint density at radius 1 is 1.56 bits per heavy atom. The first-order valence-corrected chi connectivity index (χ1v) is 4.91. The molecule has 0 saturated heterocycles. The Balaban J connectivity index is 3.07. The number of nitrogens with two attached hydrogens (primary N) is 1. The Morgan fingerprint density at radius 3 is 2.81 bits per heavy atom. The lowest BCUT2D eigenvalue weighted by molar-refractivity contribution is 0.0824. The monoisotopic (exact) mass is 220 g/mol. The topological polar surface area (TPSA) is 55.6 Å². The summed E-state index contributed by atoms with van der Waals surface area (Å²) in [7, 11) is 3.37. The van der Waals surface area contributed by atoms with Gasteiger partial charge in [0.05, 0.1) is 5.56 Å². The number of anilines is 1. The van der Waals surface area contributed by atoms with Crippen LogP contribution < -0.4 is 10.5 Å². The Labute approximate surface area is 95.3 Å². The lowest BCUT2D eigenvalue weighted by atomic mass is 10.1. The molecule has 0 fully saturated rings. The van der Waals surface area contributed by atoms with E-state index in [0.29, 0.717) is 23.6 Å². The van der Waals surface area contributed by atoms with Crippen LogP contribution in [-0.2, 0) is 0 Å². The van der Waals surface area contributed by atoms with E-state index in [1.54, 1.807) is 38.4 Å².